The third-order valence-electron chi connectivity index (χ3n) is 1.94. The van der Waals surface area contributed by atoms with Gasteiger partial charge in [-0.2, -0.15) is 0 Å². The standard InChI is InChI=1S/C10H8FNO3/c1-14-10(13)7-5-6(11)9(12-7)8-3-2-4-15-8/h2-5,12H,1H3. The molecule has 0 aliphatic rings. The molecule has 0 spiro atoms. The molecule has 0 bridgehead atoms. The Hall–Kier alpha value is -2.04. The van der Waals surface area contributed by atoms with Crippen molar-refractivity contribution in [3.05, 3.63) is 36.0 Å². The Morgan fingerprint density at radius 1 is 1.60 bits per heavy atom. The Labute approximate surface area is 84.7 Å². The zero-order valence-electron chi connectivity index (χ0n) is 7.91. The van der Waals surface area contributed by atoms with Gasteiger partial charge in [0.15, 0.2) is 11.6 Å². The number of ether oxygens (including phenoxy) is 1. The first kappa shape index (κ1) is 9.51. The van der Waals surface area contributed by atoms with E-state index in [1.807, 2.05) is 0 Å². The number of carbonyl (C=O) groups is 1. The van der Waals surface area contributed by atoms with Crippen LogP contribution in [0.5, 0.6) is 0 Å². The largest absolute Gasteiger partial charge is 0.464 e. The monoisotopic (exact) mass is 209 g/mol. The molecule has 0 unspecified atom stereocenters. The highest BCUT2D eigenvalue weighted by molar-refractivity contribution is 5.88. The zero-order chi connectivity index (χ0) is 10.8. The summed E-state index contributed by atoms with van der Waals surface area (Å²) in [5, 5.41) is 0. The minimum Gasteiger partial charge on any atom is -0.464 e. The molecule has 1 N–H and O–H groups in total. The molecule has 15 heavy (non-hydrogen) atoms. The van der Waals surface area contributed by atoms with Crippen molar-refractivity contribution >= 4 is 5.97 Å². The van der Waals surface area contributed by atoms with E-state index >= 15 is 0 Å². The first-order valence-electron chi connectivity index (χ1n) is 4.23. The quantitative estimate of drug-likeness (QED) is 0.771. The molecule has 0 aliphatic carbocycles. The third kappa shape index (κ3) is 1.63. The van der Waals surface area contributed by atoms with Crippen molar-refractivity contribution in [3.8, 4) is 11.5 Å². The minimum atomic E-state index is -0.619. The third-order valence-corrected chi connectivity index (χ3v) is 1.94. The van der Waals surface area contributed by atoms with Gasteiger partial charge in [-0.05, 0) is 12.1 Å². The van der Waals surface area contributed by atoms with E-state index in [4.69, 9.17) is 4.42 Å². The van der Waals surface area contributed by atoms with E-state index in [1.165, 1.54) is 13.4 Å². The fraction of sp³-hybridized carbons (Fsp3) is 0.100. The number of halogens is 1. The highest BCUT2D eigenvalue weighted by Gasteiger charge is 2.16. The summed E-state index contributed by atoms with van der Waals surface area (Å²) in [5.74, 6) is -0.834. The number of aromatic nitrogens is 1. The van der Waals surface area contributed by atoms with Gasteiger partial charge in [0.05, 0.1) is 13.4 Å². The average Bonchev–Trinajstić information content (AvgIpc) is 2.84. The Bertz CT molecular complexity index is 473. The molecule has 4 nitrogen and oxygen atoms in total. The number of rotatable bonds is 2. The Kier molecular flexibility index (Phi) is 2.29. The van der Waals surface area contributed by atoms with Crippen LogP contribution in [0.25, 0.3) is 11.5 Å². The zero-order valence-corrected chi connectivity index (χ0v) is 7.91. The predicted octanol–water partition coefficient (Wildman–Crippen LogP) is 2.20. The lowest BCUT2D eigenvalue weighted by Crippen LogP contribution is -2.00. The molecule has 0 amide bonds. The molecule has 5 heteroatoms. The SMILES string of the molecule is COC(=O)c1cc(F)c(-c2ccco2)[nH]1. The molecular formula is C10H8FNO3. The molecule has 78 valence electrons. The summed E-state index contributed by atoms with van der Waals surface area (Å²) in [7, 11) is 1.23. The number of hydrogen-bond acceptors (Lipinski definition) is 3. The van der Waals surface area contributed by atoms with Gasteiger partial charge in [0.25, 0.3) is 0 Å². The number of aromatic amines is 1. The summed E-state index contributed by atoms with van der Waals surface area (Å²) in [6, 6.07) is 4.30. The van der Waals surface area contributed by atoms with Crippen molar-refractivity contribution in [2.24, 2.45) is 0 Å². The molecule has 0 aromatic carbocycles. The van der Waals surface area contributed by atoms with Crippen LogP contribution in [0.3, 0.4) is 0 Å². The number of methoxy groups -OCH3 is 1. The topological polar surface area (TPSA) is 55.2 Å². The first-order chi connectivity index (χ1) is 7.22. The smallest absolute Gasteiger partial charge is 0.354 e. The molecule has 0 atom stereocenters. The molecule has 2 heterocycles. The van der Waals surface area contributed by atoms with E-state index < -0.39 is 11.8 Å². The van der Waals surface area contributed by atoms with Gasteiger partial charge in [-0.3, -0.25) is 0 Å². The number of H-pyrrole nitrogens is 1. The summed E-state index contributed by atoms with van der Waals surface area (Å²) in [6.45, 7) is 0. The van der Waals surface area contributed by atoms with Crippen molar-refractivity contribution in [3.63, 3.8) is 0 Å². The molecule has 0 radical (unpaired) electrons. The Morgan fingerprint density at radius 3 is 3.00 bits per heavy atom. The predicted molar refractivity (Wildman–Crippen MR) is 49.8 cm³/mol. The van der Waals surface area contributed by atoms with Gasteiger partial charge >= 0.3 is 5.97 Å². The van der Waals surface area contributed by atoms with Crippen molar-refractivity contribution in [2.75, 3.05) is 7.11 Å². The lowest BCUT2D eigenvalue weighted by Gasteiger charge is -1.93. The van der Waals surface area contributed by atoms with Gasteiger partial charge in [0.1, 0.15) is 11.4 Å². The minimum absolute atomic E-state index is 0.0569. The van der Waals surface area contributed by atoms with Gasteiger partial charge in [0, 0.05) is 6.07 Å². The second kappa shape index (κ2) is 3.61. The van der Waals surface area contributed by atoms with Crippen molar-refractivity contribution < 1.29 is 18.3 Å². The van der Waals surface area contributed by atoms with Crippen LogP contribution >= 0.6 is 0 Å². The molecule has 2 rings (SSSR count). The molecule has 0 saturated carbocycles. The van der Waals surface area contributed by atoms with Crippen LogP contribution in [0.4, 0.5) is 4.39 Å². The van der Waals surface area contributed by atoms with E-state index in [0.717, 1.165) is 6.07 Å². The highest BCUT2D eigenvalue weighted by atomic mass is 19.1. The number of esters is 1. The lowest BCUT2D eigenvalue weighted by atomic mass is 10.3. The van der Waals surface area contributed by atoms with Crippen LogP contribution in [-0.2, 0) is 4.74 Å². The molecule has 0 saturated heterocycles. The van der Waals surface area contributed by atoms with Crippen molar-refractivity contribution in [1.82, 2.24) is 4.98 Å². The second-order valence-electron chi connectivity index (χ2n) is 2.87. The average molecular weight is 209 g/mol. The highest BCUT2D eigenvalue weighted by Crippen LogP contribution is 2.23. The van der Waals surface area contributed by atoms with E-state index in [9.17, 15) is 9.18 Å². The van der Waals surface area contributed by atoms with Crippen LogP contribution in [0.15, 0.2) is 28.9 Å². The number of carbonyl (C=O) groups excluding carboxylic acids is 1. The van der Waals surface area contributed by atoms with Crippen LogP contribution in [0.1, 0.15) is 10.5 Å². The van der Waals surface area contributed by atoms with Gasteiger partial charge in [-0.25, -0.2) is 9.18 Å². The van der Waals surface area contributed by atoms with E-state index in [2.05, 4.69) is 9.72 Å². The summed E-state index contributed by atoms with van der Waals surface area (Å²) in [6.07, 6.45) is 1.42. The number of furan rings is 1. The van der Waals surface area contributed by atoms with E-state index in [-0.39, 0.29) is 11.4 Å². The van der Waals surface area contributed by atoms with Gasteiger partial charge in [0.2, 0.25) is 0 Å². The van der Waals surface area contributed by atoms with Crippen molar-refractivity contribution in [2.45, 2.75) is 0 Å². The van der Waals surface area contributed by atoms with Gasteiger partial charge < -0.3 is 14.1 Å². The maximum absolute atomic E-state index is 13.4. The molecule has 2 aromatic rings. The fourth-order valence-electron chi connectivity index (χ4n) is 1.25. The molecule has 2 aromatic heterocycles. The number of hydrogen-bond donors (Lipinski definition) is 1. The molecular weight excluding hydrogens is 201 g/mol. The van der Waals surface area contributed by atoms with Crippen LogP contribution < -0.4 is 0 Å². The molecule has 0 fully saturated rings. The first-order valence-corrected chi connectivity index (χ1v) is 4.23. The lowest BCUT2D eigenvalue weighted by molar-refractivity contribution is 0.0594. The Morgan fingerprint density at radius 2 is 2.40 bits per heavy atom. The van der Waals surface area contributed by atoms with Crippen molar-refractivity contribution in [1.29, 1.82) is 0 Å². The van der Waals surface area contributed by atoms with Crippen LogP contribution in [0.2, 0.25) is 0 Å². The Balaban J connectivity index is 2.42. The van der Waals surface area contributed by atoms with Gasteiger partial charge in [-0.15, -0.1) is 0 Å². The molecule has 0 aliphatic heterocycles. The van der Waals surface area contributed by atoms with E-state index in [0.29, 0.717) is 5.76 Å². The number of nitrogens with one attached hydrogen (secondary N) is 1. The normalized spacial score (nSPS) is 10.3. The van der Waals surface area contributed by atoms with Crippen LogP contribution in [-0.4, -0.2) is 18.1 Å². The van der Waals surface area contributed by atoms with E-state index in [1.54, 1.807) is 12.1 Å². The summed E-state index contributed by atoms with van der Waals surface area (Å²) < 4.78 is 22.8. The summed E-state index contributed by atoms with van der Waals surface area (Å²) >= 11 is 0. The van der Waals surface area contributed by atoms with Crippen LogP contribution in [0, 0.1) is 5.82 Å². The van der Waals surface area contributed by atoms with Gasteiger partial charge in [-0.1, -0.05) is 0 Å². The fourth-order valence-corrected chi connectivity index (χ4v) is 1.25. The maximum Gasteiger partial charge on any atom is 0.354 e. The summed E-state index contributed by atoms with van der Waals surface area (Å²) in [4.78, 5) is 13.7. The maximum atomic E-state index is 13.4. The summed E-state index contributed by atoms with van der Waals surface area (Å²) in [5.41, 5.74) is 0.196. The second-order valence-corrected chi connectivity index (χ2v) is 2.87.